The Morgan fingerprint density at radius 3 is 2.18 bits per heavy atom. The summed E-state index contributed by atoms with van der Waals surface area (Å²) >= 11 is 0. The molecule has 3 atom stereocenters. The fourth-order valence-electron chi connectivity index (χ4n) is 7.19. The lowest BCUT2D eigenvalue weighted by Gasteiger charge is -2.40. The second kappa shape index (κ2) is 8.84. The monoisotopic (exact) mass is 384 g/mol. The molecule has 0 bridgehead atoms. The quantitative estimate of drug-likeness (QED) is 0.531. The fourth-order valence-corrected chi connectivity index (χ4v) is 7.19. The van der Waals surface area contributed by atoms with Gasteiger partial charge in [-0.25, -0.2) is 0 Å². The first-order valence-corrected chi connectivity index (χ1v) is 12.5. The van der Waals surface area contributed by atoms with E-state index in [4.69, 9.17) is 0 Å². The molecule has 2 heteroatoms. The molecule has 3 aliphatic carbocycles. The highest BCUT2D eigenvalue weighted by atomic mass is 15.3. The summed E-state index contributed by atoms with van der Waals surface area (Å²) in [5, 5.41) is 3.87. The van der Waals surface area contributed by atoms with Gasteiger partial charge >= 0.3 is 0 Å². The molecule has 3 saturated carbocycles. The maximum absolute atomic E-state index is 4.57. The summed E-state index contributed by atoms with van der Waals surface area (Å²) < 4.78 is 0. The molecule has 158 valence electrons. The van der Waals surface area contributed by atoms with Gasteiger partial charge < -0.3 is 10.2 Å². The van der Waals surface area contributed by atoms with Gasteiger partial charge in [-0.2, -0.15) is 0 Å². The van der Waals surface area contributed by atoms with Crippen LogP contribution in [0.2, 0.25) is 0 Å². The highest BCUT2D eigenvalue weighted by Crippen LogP contribution is 2.47. The summed E-state index contributed by atoms with van der Waals surface area (Å²) in [4.78, 5) is 2.23. The molecule has 2 unspecified atom stereocenters. The molecule has 0 spiro atoms. The lowest BCUT2D eigenvalue weighted by atomic mass is 9.69. The van der Waals surface area contributed by atoms with Crippen LogP contribution in [0, 0.1) is 23.7 Å². The summed E-state index contributed by atoms with van der Waals surface area (Å²) in [6.07, 6.45) is 23.0. The molecule has 0 aromatic carbocycles. The smallest absolute Gasteiger partial charge is 0.0986 e. The van der Waals surface area contributed by atoms with Gasteiger partial charge in [0.1, 0.15) is 0 Å². The number of nitrogens with zero attached hydrogens (tertiary/aromatic N) is 1. The molecule has 0 aromatic rings. The van der Waals surface area contributed by atoms with Crippen LogP contribution in [0.4, 0.5) is 0 Å². The van der Waals surface area contributed by atoms with Crippen LogP contribution in [0.25, 0.3) is 0 Å². The maximum atomic E-state index is 4.57. The van der Waals surface area contributed by atoms with Gasteiger partial charge in [-0.3, -0.25) is 0 Å². The Morgan fingerprint density at radius 1 is 0.857 bits per heavy atom. The van der Waals surface area contributed by atoms with E-state index in [-0.39, 0.29) is 5.54 Å². The zero-order valence-corrected chi connectivity index (χ0v) is 18.5. The first kappa shape index (κ1) is 20.4. The molecule has 4 rings (SSSR count). The van der Waals surface area contributed by atoms with Crippen molar-refractivity contribution in [1.29, 1.82) is 0 Å². The van der Waals surface area contributed by atoms with Crippen LogP contribution in [-0.2, 0) is 0 Å². The first-order chi connectivity index (χ1) is 13.6. The molecule has 4 aliphatic rings. The van der Waals surface area contributed by atoms with Gasteiger partial charge in [-0.15, -0.1) is 0 Å². The third-order valence-corrected chi connectivity index (χ3v) is 8.98. The zero-order chi connectivity index (χ0) is 19.6. The van der Waals surface area contributed by atoms with Gasteiger partial charge in [0, 0.05) is 12.7 Å². The summed E-state index contributed by atoms with van der Waals surface area (Å²) in [5.41, 5.74) is 1.36. The van der Waals surface area contributed by atoms with E-state index in [0.717, 1.165) is 29.5 Å². The third kappa shape index (κ3) is 4.31. The molecule has 1 saturated heterocycles. The molecule has 4 fully saturated rings. The van der Waals surface area contributed by atoms with Gasteiger partial charge in [0.2, 0.25) is 0 Å². The average molecular weight is 385 g/mol. The van der Waals surface area contributed by atoms with Crippen LogP contribution in [0.15, 0.2) is 24.7 Å². The average Bonchev–Trinajstić information content (AvgIpc) is 3.32. The molecule has 0 radical (unpaired) electrons. The van der Waals surface area contributed by atoms with E-state index in [1.54, 1.807) is 0 Å². The summed E-state index contributed by atoms with van der Waals surface area (Å²) in [6, 6.07) is 0. The number of rotatable bonds is 6. The van der Waals surface area contributed by atoms with E-state index >= 15 is 0 Å². The number of hydrogen-bond donors (Lipinski definition) is 1. The maximum Gasteiger partial charge on any atom is 0.0986 e. The molecule has 2 nitrogen and oxygen atoms in total. The summed E-state index contributed by atoms with van der Waals surface area (Å²) in [6.45, 7) is 8.87. The Hall–Kier alpha value is -0.920. The van der Waals surface area contributed by atoms with Gasteiger partial charge in [-0.1, -0.05) is 90.2 Å². The molecule has 1 N–H and O–H groups in total. The number of likely N-dealkylation sites (N-methyl/N-ethyl adjacent to an activating group) is 1. The molecular formula is C26H44N2. The van der Waals surface area contributed by atoms with Crippen LogP contribution in [0.3, 0.4) is 0 Å². The predicted octanol–water partition coefficient (Wildman–Crippen LogP) is 6.99. The van der Waals surface area contributed by atoms with E-state index < -0.39 is 0 Å². The van der Waals surface area contributed by atoms with Crippen LogP contribution >= 0.6 is 0 Å². The molecule has 0 amide bonds. The largest absolute Gasteiger partial charge is 0.361 e. The fraction of sp³-hybridized carbons (Fsp3) is 0.846. The Kier molecular flexibility index (Phi) is 6.43. The molecule has 0 aromatic heterocycles. The van der Waals surface area contributed by atoms with Crippen molar-refractivity contribution < 1.29 is 0 Å². The van der Waals surface area contributed by atoms with Crippen LogP contribution in [-0.4, -0.2) is 17.5 Å². The van der Waals surface area contributed by atoms with Crippen molar-refractivity contribution in [2.45, 2.75) is 108 Å². The normalized spacial score (nSPS) is 35.5. The van der Waals surface area contributed by atoms with E-state index in [2.05, 4.69) is 30.4 Å². The second-order valence-electron chi connectivity index (χ2n) is 10.7. The molecule has 28 heavy (non-hydrogen) atoms. The van der Waals surface area contributed by atoms with Crippen LogP contribution < -0.4 is 5.32 Å². The minimum Gasteiger partial charge on any atom is -0.361 e. The first-order valence-electron chi connectivity index (χ1n) is 12.5. The van der Waals surface area contributed by atoms with E-state index in [1.807, 2.05) is 0 Å². The Morgan fingerprint density at radius 2 is 1.50 bits per heavy atom. The van der Waals surface area contributed by atoms with Crippen LogP contribution in [0.1, 0.15) is 103 Å². The van der Waals surface area contributed by atoms with Crippen LogP contribution in [0.5, 0.6) is 0 Å². The summed E-state index contributed by atoms with van der Waals surface area (Å²) in [7, 11) is 2.15. The van der Waals surface area contributed by atoms with Crippen molar-refractivity contribution in [1.82, 2.24) is 10.2 Å². The standard InChI is InChI=1S/C26H44N2/c1-20-26(27-21(2)28(20)3,17-16-22-10-5-4-6-11-22)19-23-12-9-15-25(18-23)24-13-7-8-14-24/h22-25,27H,1-2,4-19H2,3H3/t23?,25?,26-/m1/s1. The van der Waals surface area contributed by atoms with Crippen molar-refractivity contribution >= 4 is 0 Å². The van der Waals surface area contributed by atoms with E-state index in [9.17, 15) is 0 Å². The molecular weight excluding hydrogens is 340 g/mol. The molecule has 1 heterocycles. The van der Waals surface area contributed by atoms with Crippen molar-refractivity contribution in [3.63, 3.8) is 0 Å². The number of hydrogen-bond acceptors (Lipinski definition) is 2. The lowest BCUT2D eigenvalue weighted by molar-refractivity contribution is 0.161. The second-order valence-corrected chi connectivity index (χ2v) is 10.7. The van der Waals surface area contributed by atoms with Gasteiger partial charge in [0.15, 0.2) is 0 Å². The highest BCUT2D eigenvalue weighted by Gasteiger charge is 2.44. The van der Waals surface area contributed by atoms with Gasteiger partial charge in [0.25, 0.3) is 0 Å². The highest BCUT2D eigenvalue weighted by molar-refractivity contribution is 5.29. The van der Waals surface area contributed by atoms with Crippen molar-refractivity contribution in [3.8, 4) is 0 Å². The molecule has 1 aliphatic heterocycles. The number of nitrogens with one attached hydrogen (secondary N) is 1. The van der Waals surface area contributed by atoms with Crippen molar-refractivity contribution in [2.24, 2.45) is 23.7 Å². The topological polar surface area (TPSA) is 15.3 Å². The minimum absolute atomic E-state index is 0.0749. The Labute approximate surface area is 174 Å². The van der Waals surface area contributed by atoms with E-state index in [1.165, 1.54) is 108 Å². The predicted molar refractivity (Wildman–Crippen MR) is 120 cm³/mol. The lowest BCUT2D eigenvalue weighted by Crippen LogP contribution is -2.43. The van der Waals surface area contributed by atoms with Gasteiger partial charge in [0.05, 0.1) is 11.4 Å². The zero-order valence-electron chi connectivity index (χ0n) is 18.5. The third-order valence-electron chi connectivity index (χ3n) is 8.98. The van der Waals surface area contributed by atoms with Crippen molar-refractivity contribution in [2.75, 3.05) is 7.05 Å². The van der Waals surface area contributed by atoms with Crippen molar-refractivity contribution in [3.05, 3.63) is 24.7 Å². The van der Waals surface area contributed by atoms with Gasteiger partial charge in [-0.05, 0) is 49.4 Å². The summed E-state index contributed by atoms with van der Waals surface area (Å²) in [5.74, 6) is 4.92. The Balaban J connectivity index is 1.42. The minimum atomic E-state index is 0.0749. The van der Waals surface area contributed by atoms with E-state index in [0.29, 0.717) is 0 Å². The Bertz CT molecular complexity index is 555. The SMILES string of the molecule is C=C1N[C@](CCC2CCCCC2)(CC2CCCC(C3CCCC3)C2)C(=C)N1C.